The van der Waals surface area contributed by atoms with Gasteiger partial charge in [-0.25, -0.2) is 0 Å². The maximum atomic E-state index is 12.9. The van der Waals surface area contributed by atoms with Crippen molar-refractivity contribution in [3.05, 3.63) is 40.5 Å². The maximum absolute atomic E-state index is 12.9. The summed E-state index contributed by atoms with van der Waals surface area (Å²) in [4.78, 5) is 25.4. The van der Waals surface area contributed by atoms with E-state index in [9.17, 15) is 18.0 Å². The van der Waals surface area contributed by atoms with Crippen LogP contribution >= 0.6 is 0 Å². The zero-order chi connectivity index (χ0) is 22.0. The summed E-state index contributed by atoms with van der Waals surface area (Å²) in [6.07, 6.45) is 4.83. The van der Waals surface area contributed by atoms with Gasteiger partial charge < -0.3 is 0 Å². The Balaban J connectivity index is 1.52. The van der Waals surface area contributed by atoms with Gasteiger partial charge in [0.05, 0.1) is 5.92 Å². The first-order valence-corrected chi connectivity index (χ1v) is 11.9. The number of aryl methyl sites for hydroxylation is 3. The average molecular weight is 432 g/mol. The van der Waals surface area contributed by atoms with Crippen LogP contribution in [0, 0.1) is 43.9 Å². The van der Waals surface area contributed by atoms with Crippen molar-refractivity contribution in [3.8, 4) is 0 Å². The van der Waals surface area contributed by atoms with E-state index in [0.29, 0.717) is 34.4 Å². The molecule has 3 atom stereocenters. The van der Waals surface area contributed by atoms with E-state index in [2.05, 4.69) is 19.9 Å². The monoisotopic (exact) mass is 431 g/mol. The van der Waals surface area contributed by atoms with E-state index in [1.165, 1.54) is 5.57 Å². The lowest BCUT2D eigenvalue weighted by Gasteiger charge is -2.56. The first-order valence-electron chi connectivity index (χ1n) is 10.5. The first kappa shape index (κ1) is 21.2. The van der Waals surface area contributed by atoms with E-state index < -0.39 is 27.9 Å². The molecule has 6 nitrogen and oxygen atoms in total. The van der Waals surface area contributed by atoms with Crippen LogP contribution in [0.4, 0.5) is 0 Å². The molecule has 1 saturated heterocycles. The number of nitrogens with zero attached hydrogens (tertiary/aromatic N) is 1. The number of hydroxylamine groups is 2. The summed E-state index contributed by atoms with van der Waals surface area (Å²) in [5, 5.41) is 0.469. The number of fused-ring (bicyclic) bond motifs is 1. The Kier molecular flexibility index (Phi) is 4.97. The number of hydrogen-bond acceptors (Lipinski definition) is 5. The van der Waals surface area contributed by atoms with E-state index in [1.54, 1.807) is 26.0 Å². The molecule has 30 heavy (non-hydrogen) atoms. The topological polar surface area (TPSA) is 80.8 Å². The lowest BCUT2D eigenvalue weighted by Crippen LogP contribution is -2.48. The minimum atomic E-state index is -4.30. The average Bonchev–Trinajstić information content (AvgIpc) is 2.87. The van der Waals surface area contributed by atoms with Crippen LogP contribution in [0.25, 0.3) is 0 Å². The maximum Gasteiger partial charge on any atom is 0.318 e. The fourth-order valence-corrected chi connectivity index (χ4v) is 6.93. The van der Waals surface area contributed by atoms with Crippen LogP contribution < -0.4 is 0 Å². The molecule has 3 aliphatic carbocycles. The molecule has 162 valence electrons. The van der Waals surface area contributed by atoms with Gasteiger partial charge in [0.1, 0.15) is 4.90 Å². The Labute approximate surface area is 178 Å². The number of benzene rings is 1. The molecule has 0 radical (unpaired) electrons. The minimum Gasteiger partial charge on any atom is -0.272 e. The van der Waals surface area contributed by atoms with Gasteiger partial charge in [-0.1, -0.05) is 43.2 Å². The molecule has 1 heterocycles. The molecule has 5 rings (SSSR count). The zero-order valence-corrected chi connectivity index (χ0v) is 19.0. The van der Waals surface area contributed by atoms with Gasteiger partial charge in [0.2, 0.25) is 0 Å². The third-order valence-electron chi connectivity index (χ3n) is 7.29. The molecule has 0 unspecified atom stereocenters. The molecule has 1 aromatic carbocycles. The summed E-state index contributed by atoms with van der Waals surface area (Å²) in [6, 6.07) is 3.48. The highest BCUT2D eigenvalue weighted by molar-refractivity contribution is 7.86. The van der Waals surface area contributed by atoms with Crippen LogP contribution in [0.3, 0.4) is 0 Å². The molecular formula is C23H29NO5S. The summed E-state index contributed by atoms with van der Waals surface area (Å²) in [5.41, 5.74) is 3.44. The third-order valence-corrected chi connectivity index (χ3v) is 8.78. The van der Waals surface area contributed by atoms with Crippen molar-refractivity contribution < 1.29 is 22.3 Å². The molecule has 1 aliphatic heterocycles. The normalized spacial score (nSPS) is 27.8. The van der Waals surface area contributed by atoms with Gasteiger partial charge in [0.15, 0.2) is 0 Å². The quantitative estimate of drug-likeness (QED) is 0.520. The Morgan fingerprint density at radius 1 is 1.13 bits per heavy atom. The first-order chi connectivity index (χ1) is 13.9. The fraction of sp³-hybridized carbons (Fsp3) is 0.565. The smallest absolute Gasteiger partial charge is 0.272 e. The molecule has 0 aromatic heterocycles. The van der Waals surface area contributed by atoms with Gasteiger partial charge in [-0.3, -0.25) is 9.59 Å². The number of amides is 2. The highest BCUT2D eigenvalue weighted by Crippen LogP contribution is 2.60. The molecule has 1 aromatic rings. The molecule has 7 heteroatoms. The van der Waals surface area contributed by atoms with Crippen LogP contribution in [0.1, 0.15) is 56.2 Å². The molecule has 0 N–H and O–H groups in total. The standard InChI is InChI=1S/C23H29NO5S/c1-13-8-14(2)21(15(3)9-13)30(27,28)29-24-20(25)11-17(22(24)26)10-16-6-7-18-12-19(16)23(18,4)5/h6,8-9,17-19H,7,10-12H2,1-5H3/t17-,18-,19-/m0/s1. The van der Waals surface area contributed by atoms with Crippen LogP contribution in [-0.2, 0) is 24.0 Å². The zero-order valence-electron chi connectivity index (χ0n) is 18.2. The van der Waals surface area contributed by atoms with E-state index in [1.807, 2.05) is 6.92 Å². The number of carbonyl (C=O) groups excluding carboxylic acids is 2. The minimum absolute atomic E-state index is 0.00870. The Hall–Kier alpha value is -1.99. The van der Waals surface area contributed by atoms with Crippen molar-refractivity contribution in [2.75, 3.05) is 0 Å². The van der Waals surface area contributed by atoms with E-state index in [-0.39, 0.29) is 16.7 Å². The second kappa shape index (κ2) is 7.02. The van der Waals surface area contributed by atoms with Crippen molar-refractivity contribution in [2.45, 2.75) is 65.2 Å². The Morgan fingerprint density at radius 2 is 1.77 bits per heavy atom. The Morgan fingerprint density at radius 3 is 2.33 bits per heavy atom. The van der Waals surface area contributed by atoms with E-state index in [4.69, 9.17) is 4.28 Å². The van der Waals surface area contributed by atoms with Crippen molar-refractivity contribution in [2.24, 2.45) is 23.2 Å². The molecule has 2 amide bonds. The molecule has 0 spiro atoms. The van der Waals surface area contributed by atoms with Crippen LogP contribution in [0.15, 0.2) is 28.7 Å². The summed E-state index contributed by atoms with van der Waals surface area (Å²) in [7, 11) is -4.30. The van der Waals surface area contributed by atoms with Crippen molar-refractivity contribution >= 4 is 21.9 Å². The summed E-state index contributed by atoms with van der Waals surface area (Å²) < 4.78 is 30.9. The van der Waals surface area contributed by atoms with Gasteiger partial charge in [0.25, 0.3) is 11.8 Å². The van der Waals surface area contributed by atoms with Gasteiger partial charge in [-0.05, 0) is 68.4 Å². The lowest BCUT2D eigenvalue weighted by atomic mass is 9.48. The van der Waals surface area contributed by atoms with Crippen molar-refractivity contribution in [1.82, 2.24) is 5.06 Å². The molecule has 2 bridgehead atoms. The fourth-order valence-electron chi connectivity index (χ4n) is 5.60. The number of allylic oxidation sites excluding steroid dienone is 2. The lowest BCUT2D eigenvalue weighted by molar-refractivity contribution is -0.164. The van der Waals surface area contributed by atoms with Crippen LogP contribution in [0.5, 0.6) is 0 Å². The molecular weight excluding hydrogens is 402 g/mol. The van der Waals surface area contributed by atoms with E-state index >= 15 is 0 Å². The van der Waals surface area contributed by atoms with Gasteiger partial charge in [-0.15, -0.1) is 9.35 Å². The van der Waals surface area contributed by atoms with Crippen molar-refractivity contribution in [3.63, 3.8) is 0 Å². The molecule has 4 aliphatic rings. The van der Waals surface area contributed by atoms with Crippen molar-refractivity contribution in [1.29, 1.82) is 0 Å². The number of rotatable bonds is 5. The van der Waals surface area contributed by atoms with Crippen LogP contribution in [0.2, 0.25) is 0 Å². The number of hydrogen-bond donors (Lipinski definition) is 0. The predicted octanol–water partition coefficient (Wildman–Crippen LogP) is 3.99. The Bertz CT molecular complexity index is 1050. The summed E-state index contributed by atoms with van der Waals surface area (Å²) in [6.45, 7) is 9.75. The summed E-state index contributed by atoms with van der Waals surface area (Å²) >= 11 is 0. The van der Waals surface area contributed by atoms with Gasteiger partial charge in [0, 0.05) is 6.42 Å². The second-order valence-electron chi connectivity index (χ2n) is 9.71. The van der Waals surface area contributed by atoms with Crippen LogP contribution in [-0.4, -0.2) is 25.3 Å². The number of carbonyl (C=O) groups is 2. The van der Waals surface area contributed by atoms with E-state index in [0.717, 1.165) is 18.4 Å². The van der Waals surface area contributed by atoms with Gasteiger partial charge >= 0.3 is 10.1 Å². The third kappa shape index (κ3) is 3.32. The largest absolute Gasteiger partial charge is 0.318 e. The second-order valence-corrected chi connectivity index (χ2v) is 11.2. The molecule has 2 fully saturated rings. The summed E-state index contributed by atoms with van der Waals surface area (Å²) in [5.74, 6) is -0.592. The highest BCUT2D eigenvalue weighted by Gasteiger charge is 2.52. The molecule has 1 saturated carbocycles. The van der Waals surface area contributed by atoms with Gasteiger partial charge in [-0.2, -0.15) is 8.42 Å². The highest BCUT2D eigenvalue weighted by atomic mass is 32.2. The number of imide groups is 1. The predicted molar refractivity (Wildman–Crippen MR) is 112 cm³/mol. The SMILES string of the molecule is Cc1cc(C)c(S(=O)(=O)ON2C(=O)C[C@H](CC3=CC[C@H]4C[C@@H]3C4(C)C)C2=O)c(C)c1.